The fourth-order valence-electron chi connectivity index (χ4n) is 4.53. The van der Waals surface area contributed by atoms with Crippen molar-refractivity contribution in [3.05, 3.63) is 83.4 Å². The van der Waals surface area contributed by atoms with Gasteiger partial charge < -0.3 is 14.6 Å². The van der Waals surface area contributed by atoms with Gasteiger partial charge in [-0.05, 0) is 23.3 Å². The van der Waals surface area contributed by atoms with E-state index in [4.69, 9.17) is 9.47 Å². The number of piperazine rings is 1. The van der Waals surface area contributed by atoms with Gasteiger partial charge in [0.15, 0.2) is 9.84 Å². The Morgan fingerprint density at radius 3 is 2.27 bits per heavy atom. The van der Waals surface area contributed by atoms with E-state index in [2.05, 4.69) is 15.4 Å². The number of phenolic OH excluding ortho intramolecular Hbond substituents is 1. The second-order valence-electron chi connectivity index (χ2n) is 9.45. The van der Waals surface area contributed by atoms with Crippen LogP contribution in [0.1, 0.15) is 16.7 Å². The van der Waals surface area contributed by atoms with Gasteiger partial charge in [-0.15, -0.1) is 0 Å². The zero-order chi connectivity index (χ0) is 28.5. The molecule has 2 N–H and O–H groups in total. The number of hydrogen-bond donors (Lipinski definition) is 2. The van der Waals surface area contributed by atoms with Crippen molar-refractivity contribution >= 4 is 22.0 Å². The first-order valence-corrected chi connectivity index (χ1v) is 14.5. The van der Waals surface area contributed by atoms with Gasteiger partial charge in [0.05, 0.1) is 43.2 Å². The van der Waals surface area contributed by atoms with E-state index in [0.29, 0.717) is 41.6 Å². The summed E-state index contributed by atoms with van der Waals surface area (Å²) in [6, 6.07) is 19.2. The molecule has 0 atom stereocenters. The van der Waals surface area contributed by atoms with Gasteiger partial charge in [0, 0.05) is 44.9 Å². The number of benzene rings is 3. The van der Waals surface area contributed by atoms with Crippen LogP contribution in [0.3, 0.4) is 0 Å². The highest BCUT2D eigenvalue weighted by molar-refractivity contribution is 7.90. The molecule has 3 aromatic rings. The molecule has 4 rings (SSSR count). The first-order valence-electron chi connectivity index (χ1n) is 12.8. The maximum atomic E-state index is 12.9. The van der Waals surface area contributed by atoms with Crippen LogP contribution in [-0.2, 0) is 26.9 Å². The van der Waals surface area contributed by atoms with E-state index in [1.54, 1.807) is 36.4 Å². The smallest absolute Gasteiger partial charge is 0.254 e. The molecule has 1 heterocycles. The maximum Gasteiger partial charge on any atom is 0.254 e. The highest BCUT2D eigenvalue weighted by atomic mass is 32.2. The molecule has 0 aliphatic carbocycles. The summed E-state index contributed by atoms with van der Waals surface area (Å²) in [5.74, 6) is 0.409. The second-order valence-corrected chi connectivity index (χ2v) is 11.4. The maximum absolute atomic E-state index is 12.9. The zero-order valence-electron chi connectivity index (χ0n) is 22.6. The highest BCUT2D eigenvalue weighted by Crippen LogP contribution is 2.31. The van der Waals surface area contributed by atoms with Crippen molar-refractivity contribution in [2.45, 2.75) is 17.2 Å². The molecule has 1 fully saturated rings. The molecule has 0 aromatic heterocycles. The van der Waals surface area contributed by atoms with E-state index in [1.165, 1.54) is 26.5 Å². The fourth-order valence-corrected chi connectivity index (χ4v) is 5.96. The van der Waals surface area contributed by atoms with E-state index in [-0.39, 0.29) is 24.0 Å². The normalized spacial score (nSPS) is 14.8. The number of carbonyl (C=O) groups is 1. The van der Waals surface area contributed by atoms with Crippen LogP contribution in [0.5, 0.6) is 17.2 Å². The average molecular weight is 567 g/mol. The number of ether oxygens (including phenoxy) is 2. The molecule has 0 bridgehead atoms. The van der Waals surface area contributed by atoms with Crippen LogP contribution in [0.15, 0.2) is 76.7 Å². The quantitative estimate of drug-likeness (QED) is 0.269. The second kappa shape index (κ2) is 13.4. The Labute approximate surface area is 234 Å². The molecule has 0 saturated carbocycles. The molecule has 1 aliphatic rings. The molecule has 11 heteroatoms. The molecular formula is C29H34N4O6S. The van der Waals surface area contributed by atoms with E-state index in [9.17, 15) is 18.3 Å². The lowest BCUT2D eigenvalue weighted by atomic mass is 10.1. The summed E-state index contributed by atoms with van der Waals surface area (Å²) in [5, 5.41) is 14.2. The summed E-state index contributed by atoms with van der Waals surface area (Å²) in [7, 11) is -0.489. The van der Waals surface area contributed by atoms with Crippen LogP contribution >= 0.6 is 0 Å². The molecule has 10 nitrogen and oxygen atoms in total. The Morgan fingerprint density at radius 1 is 0.950 bits per heavy atom. The molecule has 40 heavy (non-hydrogen) atoms. The highest BCUT2D eigenvalue weighted by Gasteiger charge is 2.22. The van der Waals surface area contributed by atoms with Gasteiger partial charge >= 0.3 is 0 Å². The number of hydrogen-bond acceptors (Lipinski definition) is 9. The van der Waals surface area contributed by atoms with Crippen molar-refractivity contribution in [3.8, 4) is 17.2 Å². The van der Waals surface area contributed by atoms with Crippen molar-refractivity contribution in [1.82, 2.24) is 15.2 Å². The Morgan fingerprint density at radius 2 is 1.60 bits per heavy atom. The third kappa shape index (κ3) is 7.59. The standard InChI is InChI=1S/C29H34N4O6S/c1-38-24-16-27(34)26(28(17-24)39-2)18-30-31-29(35)20-33-14-12-32(13-15-33)19-22-8-6-7-9-23(22)21-40(36,37)25-10-4-3-5-11-25/h3-11,16-18,34H,12-15,19-21H2,1-2H3,(H,31,35)/b30-18+. The van der Waals surface area contributed by atoms with Crippen LogP contribution in [0.2, 0.25) is 0 Å². The van der Waals surface area contributed by atoms with Crippen LogP contribution < -0.4 is 14.9 Å². The minimum Gasteiger partial charge on any atom is -0.507 e. The third-order valence-corrected chi connectivity index (χ3v) is 8.41. The predicted octanol–water partition coefficient (Wildman–Crippen LogP) is 2.65. The van der Waals surface area contributed by atoms with Gasteiger partial charge in [0.2, 0.25) is 0 Å². The van der Waals surface area contributed by atoms with Crippen LogP contribution in [0.4, 0.5) is 0 Å². The van der Waals surface area contributed by atoms with Crippen LogP contribution in [0.25, 0.3) is 0 Å². The first kappa shape index (κ1) is 29.1. The number of methoxy groups -OCH3 is 2. The average Bonchev–Trinajstić information content (AvgIpc) is 2.96. The Balaban J connectivity index is 1.28. The van der Waals surface area contributed by atoms with Crippen molar-refractivity contribution < 1.29 is 27.8 Å². The van der Waals surface area contributed by atoms with E-state index in [1.807, 2.05) is 29.2 Å². The topological polar surface area (TPSA) is 121 Å². The molecule has 1 aliphatic heterocycles. The zero-order valence-corrected chi connectivity index (χ0v) is 23.4. The third-order valence-electron chi connectivity index (χ3n) is 6.72. The van der Waals surface area contributed by atoms with Crippen molar-refractivity contribution in [3.63, 3.8) is 0 Å². The van der Waals surface area contributed by atoms with Crippen molar-refractivity contribution in [2.24, 2.45) is 5.10 Å². The van der Waals surface area contributed by atoms with Gasteiger partial charge in [-0.2, -0.15) is 5.10 Å². The molecule has 1 amide bonds. The van der Waals surface area contributed by atoms with E-state index >= 15 is 0 Å². The summed E-state index contributed by atoms with van der Waals surface area (Å²) >= 11 is 0. The number of phenols is 1. The summed E-state index contributed by atoms with van der Waals surface area (Å²) in [6.07, 6.45) is 1.33. The SMILES string of the molecule is COc1cc(O)c(/C=N/NC(=O)CN2CCN(Cc3ccccc3CS(=O)(=O)c3ccccc3)CC2)c(OC)c1. The molecular weight excluding hydrogens is 532 g/mol. The number of nitrogens with zero attached hydrogens (tertiary/aromatic N) is 3. The number of nitrogens with one attached hydrogen (secondary N) is 1. The molecule has 0 unspecified atom stereocenters. The minimum absolute atomic E-state index is 0.0476. The van der Waals surface area contributed by atoms with Gasteiger partial charge in [0.25, 0.3) is 5.91 Å². The lowest BCUT2D eigenvalue weighted by molar-refractivity contribution is -0.122. The summed E-state index contributed by atoms with van der Waals surface area (Å²) < 4.78 is 36.2. The molecule has 0 radical (unpaired) electrons. The number of aromatic hydroxyl groups is 1. The van der Waals surface area contributed by atoms with Crippen LogP contribution in [-0.4, -0.2) is 82.4 Å². The Kier molecular flexibility index (Phi) is 9.75. The van der Waals surface area contributed by atoms with Gasteiger partial charge in [-0.3, -0.25) is 14.6 Å². The number of hydrazone groups is 1. The van der Waals surface area contributed by atoms with Crippen molar-refractivity contribution in [1.29, 1.82) is 0 Å². The minimum atomic E-state index is -3.44. The lowest BCUT2D eigenvalue weighted by Gasteiger charge is -2.34. The summed E-state index contributed by atoms with van der Waals surface area (Å²) in [6.45, 7) is 3.69. The summed E-state index contributed by atoms with van der Waals surface area (Å²) in [4.78, 5) is 17.1. The van der Waals surface area contributed by atoms with Crippen molar-refractivity contribution in [2.75, 3.05) is 46.9 Å². The molecule has 0 spiro atoms. The lowest BCUT2D eigenvalue weighted by Crippen LogP contribution is -2.48. The monoisotopic (exact) mass is 566 g/mol. The number of amides is 1. The van der Waals surface area contributed by atoms with Crippen LogP contribution in [0, 0.1) is 0 Å². The molecule has 3 aromatic carbocycles. The Bertz CT molecular complexity index is 1440. The Hall–Kier alpha value is -3.93. The molecule has 1 saturated heterocycles. The van der Waals surface area contributed by atoms with E-state index in [0.717, 1.165) is 24.2 Å². The first-order chi connectivity index (χ1) is 19.3. The predicted molar refractivity (Wildman–Crippen MR) is 152 cm³/mol. The molecule has 212 valence electrons. The van der Waals surface area contributed by atoms with Gasteiger partial charge in [0.1, 0.15) is 17.2 Å². The number of rotatable bonds is 11. The summed E-state index contributed by atoms with van der Waals surface area (Å²) in [5.41, 5.74) is 4.61. The fraction of sp³-hybridized carbons (Fsp3) is 0.310. The number of sulfone groups is 1. The van der Waals surface area contributed by atoms with Gasteiger partial charge in [-0.25, -0.2) is 13.8 Å². The number of carbonyl (C=O) groups excluding carboxylic acids is 1. The van der Waals surface area contributed by atoms with Gasteiger partial charge in [-0.1, -0.05) is 42.5 Å². The largest absolute Gasteiger partial charge is 0.507 e. The van der Waals surface area contributed by atoms with E-state index < -0.39 is 9.84 Å².